The van der Waals surface area contributed by atoms with Crippen molar-refractivity contribution in [3.8, 4) is 0 Å². The van der Waals surface area contributed by atoms with Crippen LogP contribution in [0, 0.1) is 0 Å². The molecule has 27 heavy (non-hydrogen) atoms. The molecule has 1 fully saturated rings. The second kappa shape index (κ2) is 11.7. The molecule has 0 N–H and O–H groups in total. The quantitative estimate of drug-likeness (QED) is 0.550. The fourth-order valence-electron chi connectivity index (χ4n) is 3.05. The molecule has 1 aromatic rings. The van der Waals surface area contributed by atoms with E-state index in [1.54, 1.807) is 0 Å². The molecule has 1 aliphatic rings. The summed E-state index contributed by atoms with van der Waals surface area (Å²) < 4.78 is 14.6. The summed E-state index contributed by atoms with van der Waals surface area (Å²) in [6, 6.07) is 9.85. The number of ketones is 1. The highest BCUT2D eigenvalue weighted by Crippen LogP contribution is 2.34. The molecule has 3 nitrogen and oxygen atoms in total. The summed E-state index contributed by atoms with van der Waals surface area (Å²) in [5.41, 5.74) is 2.44. The Hall–Kier alpha value is -1.97. The van der Waals surface area contributed by atoms with Crippen molar-refractivity contribution in [1.82, 2.24) is 4.90 Å². The van der Waals surface area contributed by atoms with E-state index in [-0.39, 0.29) is 11.8 Å². The Balaban J connectivity index is 0.00000114. The molecule has 0 amide bonds. The molecule has 2 atom stereocenters. The fourth-order valence-corrected chi connectivity index (χ4v) is 3.05. The summed E-state index contributed by atoms with van der Waals surface area (Å²) in [6.45, 7) is 10.1. The van der Waals surface area contributed by atoms with Crippen molar-refractivity contribution < 1.29 is 9.18 Å². The number of nitrogens with zero attached hydrogens (tertiary/aromatic N) is 2. The molecule has 0 radical (unpaired) electrons. The lowest BCUT2D eigenvalue weighted by Gasteiger charge is -2.22. The molecule has 150 valence electrons. The molecule has 0 spiro atoms. The van der Waals surface area contributed by atoms with E-state index >= 15 is 0 Å². The first-order valence-corrected chi connectivity index (χ1v) is 10.1. The summed E-state index contributed by atoms with van der Waals surface area (Å²) >= 11 is 0. The number of benzene rings is 1. The molecule has 2 unspecified atom stereocenters. The predicted molar refractivity (Wildman–Crippen MR) is 113 cm³/mol. The summed E-state index contributed by atoms with van der Waals surface area (Å²) in [7, 11) is 1.86. The van der Waals surface area contributed by atoms with Crippen molar-refractivity contribution in [2.75, 3.05) is 7.05 Å². The largest absolute Gasteiger partial charge is 0.353 e. The lowest BCUT2D eigenvalue weighted by atomic mass is 10.0. The van der Waals surface area contributed by atoms with Gasteiger partial charge in [-0.05, 0) is 30.9 Å². The van der Waals surface area contributed by atoms with Crippen LogP contribution >= 0.6 is 0 Å². The van der Waals surface area contributed by atoms with Gasteiger partial charge in [0.15, 0.2) is 12.0 Å². The van der Waals surface area contributed by atoms with Crippen LogP contribution in [0.2, 0.25) is 0 Å². The van der Waals surface area contributed by atoms with E-state index in [2.05, 4.69) is 18.8 Å². The lowest BCUT2D eigenvalue weighted by Crippen LogP contribution is -2.27. The molecule has 0 bridgehead atoms. The van der Waals surface area contributed by atoms with E-state index < -0.39 is 6.17 Å². The van der Waals surface area contributed by atoms with Gasteiger partial charge in [-0.2, -0.15) is 0 Å². The number of allylic oxidation sites excluding steroid dienone is 2. The highest BCUT2D eigenvalue weighted by molar-refractivity contribution is 6.00. The number of carbonyl (C=O) groups excluding carboxylic acids is 1. The Bertz CT molecular complexity index is 652. The van der Waals surface area contributed by atoms with Gasteiger partial charge in [-0.15, -0.1) is 0 Å². The minimum Gasteiger partial charge on any atom is -0.353 e. The van der Waals surface area contributed by atoms with Gasteiger partial charge in [-0.25, -0.2) is 9.38 Å². The molecule has 2 rings (SSSR count). The van der Waals surface area contributed by atoms with E-state index in [0.29, 0.717) is 24.4 Å². The van der Waals surface area contributed by atoms with Crippen LogP contribution in [0.4, 0.5) is 4.39 Å². The number of Topliss-reactive ketones (excluding diaryl/α,β-unsaturated/α-hetero) is 1. The van der Waals surface area contributed by atoms with Crippen molar-refractivity contribution in [3.63, 3.8) is 0 Å². The number of amidine groups is 1. The number of hydrogen-bond donors (Lipinski definition) is 0. The van der Waals surface area contributed by atoms with Crippen molar-refractivity contribution >= 4 is 11.6 Å². The molecule has 0 aromatic heterocycles. The summed E-state index contributed by atoms with van der Waals surface area (Å²) in [5, 5.41) is 0. The minimum absolute atomic E-state index is 0.00751. The molecular formula is C23H35FN2O. The Labute approximate surface area is 164 Å². The average molecular weight is 375 g/mol. The van der Waals surface area contributed by atoms with Gasteiger partial charge >= 0.3 is 0 Å². The van der Waals surface area contributed by atoms with Crippen LogP contribution in [-0.2, 0) is 4.79 Å². The van der Waals surface area contributed by atoms with E-state index in [0.717, 1.165) is 24.0 Å². The monoisotopic (exact) mass is 374 g/mol. The topological polar surface area (TPSA) is 32.7 Å². The average Bonchev–Trinajstić information content (AvgIpc) is 2.94. The van der Waals surface area contributed by atoms with Gasteiger partial charge in [0.25, 0.3) is 0 Å². The summed E-state index contributed by atoms with van der Waals surface area (Å²) in [6.07, 6.45) is 2.44. The van der Waals surface area contributed by atoms with Gasteiger partial charge in [0.1, 0.15) is 11.5 Å². The fraction of sp³-hybridized carbons (Fsp3) is 0.565. The van der Waals surface area contributed by atoms with Crippen LogP contribution in [0.15, 0.2) is 46.6 Å². The molecule has 1 saturated heterocycles. The maximum absolute atomic E-state index is 14.6. The van der Waals surface area contributed by atoms with E-state index in [9.17, 15) is 9.18 Å². The number of alkyl halides is 1. The van der Waals surface area contributed by atoms with E-state index in [4.69, 9.17) is 0 Å². The zero-order valence-electron chi connectivity index (χ0n) is 17.8. The zero-order chi connectivity index (χ0) is 20.4. The Morgan fingerprint density at radius 1 is 1.19 bits per heavy atom. The van der Waals surface area contributed by atoms with E-state index in [1.807, 2.05) is 63.1 Å². The molecule has 1 aromatic carbocycles. The second-order valence-electron chi connectivity index (χ2n) is 7.07. The first kappa shape index (κ1) is 23.1. The third-order valence-corrected chi connectivity index (χ3v) is 4.63. The van der Waals surface area contributed by atoms with E-state index in [1.165, 1.54) is 6.42 Å². The zero-order valence-corrected chi connectivity index (χ0v) is 17.8. The lowest BCUT2D eigenvalue weighted by molar-refractivity contribution is -0.115. The normalized spacial score (nSPS) is 21.6. The minimum atomic E-state index is -1.14. The van der Waals surface area contributed by atoms with Crippen molar-refractivity contribution in [3.05, 3.63) is 47.2 Å². The van der Waals surface area contributed by atoms with Crippen molar-refractivity contribution in [2.45, 2.75) is 78.9 Å². The summed E-state index contributed by atoms with van der Waals surface area (Å²) in [5.74, 6) is 0.379. The Morgan fingerprint density at radius 3 is 2.30 bits per heavy atom. The SMILES string of the molecule is CCC.CCCC(=O)C(N=C1C(F)CC(c2ccccc2)N1C)=C(C)CC. The first-order valence-electron chi connectivity index (χ1n) is 10.1. The number of hydrogen-bond acceptors (Lipinski definition) is 2. The van der Waals surface area contributed by atoms with Gasteiger partial charge in [0.05, 0.1) is 6.04 Å². The number of aliphatic imine (C=N–C) groups is 1. The first-order chi connectivity index (χ1) is 12.9. The Kier molecular flexibility index (Phi) is 9.98. The highest BCUT2D eigenvalue weighted by atomic mass is 19.1. The van der Waals surface area contributed by atoms with Crippen LogP contribution in [0.3, 0.4) is 0 Å². The smallest absolute Gasteiger partial charge is 0.181 e. The molecule has 4 heteroatoms. The third-order valence-electron chi connectivity index (χ3n) is 4.63. The van der Waals surface area contributed by atoms with Crippen LogP contribution in [0.1, 0.15) is 78.3 Å². The second-order valence-corrected chi connectivity index (χ2v) is 7.07. The Morgan fingerprint density at radius 2 is 1.78 bits per heavy atom. The maximum atomic E-state index is 14.6. The number of likely N-dealkylation sites (tertiary alicyclic amines) is 1. The van der Waals surface area contributed by atoms with Crippen LogP contribution in [-0.4, -0.2) is 29.7 Å². The summed E-state index contributed by atoms with van der Waals surface area (Å²) in [4.78, 5) is 18.8. The molecule has 0 aliphatic carbocycles. The standard InChI is InChI=1S/C20H27FN2O.C3H8/c1-5-10-18(24)19(14(3)6-2)22-20-16(21)13-17(23(20)4)15-11-8-7-9-12-15;1-3-2/h7-9,11-12,16-17H,5-6,10,13H2,1-4H3;3H2,1-2H3. The van der Waals surface area contributed by atoms with Gasteiger partial charge in [-0.3, -0.25) is 4.79 Å². The van der Waals surface area contributed by atoms with Gasteiger partial charge in [-0.1, -0.05) is 64.4 Å². The number of rotatable bonds is 6. The molecular weight excluding hydrogens is 339 g/mol. The van der Waals surface area contributed by atoms with Crippen LogP contribution in [0.25, 0.3) is 0 Å². The van der Waals surface area contributed by atoms with Crippen LogP contribution in [0.5, 0.6) is 0 Å². The highest BCUT2D eigenvalue weighted by Gasteiger charge is 2.36. The predicted octanol–water partition coefficient (Wildman–Crippen LogP) is 6.27. The maximum Gasteiger partial charge on any atom is 0.181 e. The molecule has 1 heterocycles. The molecule has 0 saturated carbocycles. The van der Waals surface area contributed by atoms with Crippen molar-refractivity contribution in [2.24, 2.45) is 4.99 Å². The van der Waals surface area contributed by atoms with Gasteiger partial charge in [0.2, 0.25) is 0 Å². The molecule has 1 aliphatic heterocycles. The van der Waals surface area contributed by atoms with Crippen molar-refractivity contribution in [1.29, 1.82) is 0 Å². The van der Waals surface area contributed by atoms with Gasteiger partial charge in [0, 0.05) is 19.9 Å². The third kappa shape index (κ3) is 6.30. The van der Waals surface area contributed by atoms with Gasteiger partial charge < -0.3 is 4.90 Å². The number of carbonyl (C=O) groups is 1. The van der Waals surface area contributed by atoms with Crippen LogP contribution < -0.4 is 0 Å². The number of halogens is 1.